The summed E-state index contributed by atoms with van der Waals surface area (Å²) in [4.78, 5) is 16.9. The summed E-state index contributed by atoms with van der Waals surface area (Å²) in [5, 5.41) is 0. The molecule has 1 aromatic heterocycles. The van der Waals surface area contributed by atoms with E-state index in [1.54, 1.807) is 19.1 Å². The lowest BCUT2D eigenvalue weighted by molar-refractivity contribution is 0.0656. The van der Waals surface area contributed by atoms with Gasteiger partial charge in [-0.1, -0.05) is 0 Å². The normalized spacial score (nSPS) is 29.6. The summed E-state index contributed by atoms with van der Waals surface area (Å²) >= 11 is 0. The van der Waals surface area contributed by atoms with E-state index in [0.717, 1.165) is 6.29 Å². The number of aldehydes is 1. The Kier molecular flexibility index (Phi) is 2.40. The molecule has 96 valence electrons. The van der Waals surface area contributed by atoms with E-state index in [0.29, 0.717) is 36.6 Å². The third kappa shape index (κ3) is 1.53. The molecule has 0 N–H and O–H groups in total. The molecule has 1 saturated carbocycles. The summed E-state index contributed by atoms with van der Waals surface area (Å²) < 4.78 is 25.9. The lowest BCUT2D eigenvalue weighted by Crippen LogP contribution is -2.28. The number of piperidine rings is 1. The van der Waals surface area contributed by atoms with Crippen LogP contribution in [-0.2, 0) is 0 Å². The van der Waals surface area contributed by atoms with Gasteiger partial charge in [-0.05, 0) is 31.4 Å². The molecule has 5 heteroatoms. The van der Waals surface area contributed by atoms with Gasteiger partial charge in [0.1, 0.15) is 5.82 Å². The molecular weight excluding hydrogens is 238 g/mol. The van der Waals surface area contributed by atoms with Gasteiger partial charge in [-0.25, -0.2) is 13.8 Å². The van der Waals surface area contributed by atoms with Gasteiger partial charge in [0.15, 0.2) is 6.29 Å². The van der Waals surface area contributed by atoms with Crippen LogP contribution in [0.15, 0.2) is 12.1 Å². The fourth-order valence-electron chi connectivity index (χ4n) is 2.90. The number of carbonyl (C=O) groups excluding carboxylic acids is 1. The summed E-state index contributed by atoms with van der Waals surface area (Å²) in [6, 6.07) is 3.43. The number of hydrogen-bond acceptors (Lipinski definition) is 3. The number of pyridine rings is 1. The average molecular weight is 252 g/mol. The molecule has 1 aromatic rings. The Labute approximate surface area is 104 Å². The molecule has 2 fully saturated rings. The van der Waals surface area contributed by atoms with Crippen molar-refractivity contribution < 1.29 is 13.6 Å². The van der Waals surface area contributed by atoms with Crippen molar-refractivity contribution in [2.75, 3.05) is 18.0 Å². The Bertz CT molecular complexity index is 506. The topological polar surface area (TPSA) is 33.2 Å². The Hall–Kier alpha value is -1.52. The van der Waals surface area contributed by atoms with E-state index in [-0.39, 0.29) is 5.92 Å². The zero-order chi connectivity index (χ0) is 12.9. The van der Waals surface area contributed by atoms with Gasteiger partial charge >= 0.3 is 0 Å². The van der Waals surface area contributed by atoms with Crippen LogP contribution in [0.2, 0.25) is 0 Å². The number of hydrogen-bond donors (Lipinski definition) is 0. The third-order valence-corrected chi connectivity index (χ3v) is 4.20. The van der Waals surface area contributed by atoms with Crippen LogP contribution in [-0.4, -0.2) is 30.8 Å². The zero-order valence-electron chi connectivity index (χ0n) is 10.1. The number of rotatable bonds is 3. The Balaban J connectivity index is 1.82. The van der Waals surface area contributed by atoms with Gasteiger partial charge in [0.25, 0.3) is 0 Å². The van der Waals surface area contributed by atoms with Crippen molar-refractivity contribution in [1.82, 2.24) is 4.98 Å². The molecule has 2 atom stereocenters. The standard InChI is InChI=1S/C13H14F2N2O/c1-8-9(6-18)2-3-11(16-8)17-5-10-4-13(10,7-17)12(14)15/h2-3,6,10,12H,4-5,7H2,1H3. The van der Waals surface area contributed by atoms with Crippen molar-refractivity contribution in [3.05, 3.63) is 23.4 Å². The van der Waals surface area contributed by atoms with Gasteiger partial charge in [-0.15, -0.1) is 0 Å². The minimum atomic E-state index is -2.25. The molecular formula is C13H14F2N2O. The number of carbonyl (C=O) groups is 1. The van der Waals surface area contributed by atoms with E-state index in [9.17, 15) is 13.6 Å². The van der Waals surface area contributed by atoms with Crippen molar-refractivity contribution >= 4 is 12.1 Å². The van der Waals surface area contributed by atoms with Crippen LogP contribution >= 0.6 is 0 Å². The predicted molar refractivity (Wildman–Crippen MR) is 63.1 cm³/mol. The van der Waals surface area contributed by atoms with Gasteiger partial charge in [0.05, 0.1) is 11.1 Å². The molecule has 1 aliphatic heterocycles. The molecule has 18 heavy (non-hydrogen) atoms. The van der Waals surface area contributed by atoms with Gasteiger partial charge in [-0.2, -0.15) is 0 Å². The molecule has 0 radical (unpaired) electrons. The number of halogens is 2. The van der Waals surface area contributed by atoms with Crippen molar-refractivity contribution in [3.63, 3.8) is 0 Å². The monoisotopic (exact) mass is 252 g/mol. The quantitative estimate of drug-likeness (QED) is 0.774. The maximum atomic E-state index is 13.0. The fourth-order valence-corrected chi connectivity index (χ4v) is 2.90. The number of fused-ring (bicyclic) bond motifs is 1. The first-order valence-corrected chi connectivity index (χ1v) is 6.03. The van der Waals surface area contributed by atoms with E-state index in [4.69, 9.17) is 0 Å². The molecule has 0 bridgehead atoms. The predicted octanol–water partition coefficient (Wildman–Crippen LogP) is 2.29. The minimum absolute atomic E-state index is 0.102. The molecule has 2 aliphatic rings. The first-order valence-electron chi connectivity index (χ1n) is 6.03. The first-order chi connectivity index (χ1) is 8.56. The Morgan fingerprint density at radius 3 is 2.89 bits per heavy atom. The molecule has 0 aromatic carbocycles. The lowest BCUT2D eigenvalue weighted by atomic mass is 10.1. The van der Waals surface area contributed by atoms with Crippen molar-refractivity contribution in [3.8, 4) is 0 Å². The summed E-state index contributed by atoms with van der Waals surface area (Å²) in [6.45, 7) is 2.78. The number of nitrogens with zero attached hydrogens (tertiary/aromatic N) is 2. The highest BCUT2D eigenvalue weighted by Gasteiger charge is 2.65. The highest BCUT2D eigenvalue weighted by Crippen LogP contribution is 2.61. The summed E-state index contributed by atoms with van der Waals surface area (Å²) in [5.41, 5.74) is 0.402. The van der Waals surface area contributed by atoms with E-state index >= 15 is 0 Å². The van der Waals surface area contributed by atoms with E-state index in [1.165, 1.54) is 0 Å². The van der Waals surface area contributed by atoms with Crippen LogP contribution in [0, 0.1) is 18.3 Å². The molecule has 3 rings (SSSR count). The fraction of sp³-hybridized carbons (Fsp3) is 0.538. The maximum absolute atomic E-state index is 13.0. The van der Waals surface area contributed by atoms with Gasteiger partial charge in [-0.3, -0.25) is 4.79 Å². The zero-order valence-corrected chi connectivity index (χ0v) is 10.1. The van der Waals surface area contributed by atoms with Crippen LogP contribution in [0.1, 0.15) is 22.5 Å². The van der Waals surface area contributed by atoms with Crippen LogP contribution in [0.25, 0.3) is 0 Å². The lowest BCUT2D eigenvalue weighted by Gasteiger charge is -2.22. The van der Waals surface area contributed by atoms with E-state index < -0.39 is 11.8 Å². The van der Waals surface area contributed by atoms with E-state index in [1.807, 2.05) is 4.90 Å². The first kappa shape index (κ1) is 11.6. The number of aromatic nitrogens is 1. The van der Waals surface area contributed by atoms with Gasteiger partial charge in [0.2, 0.25) is 6.43 Å². The molecule has 0 spiro atoms. The van der Waals surface area contributed by atoms with Crippen LogP contribution in [0.4, 0.5) is 14.6 Å². The maximum Gasteiger partial charge on any atom is 0.246 e. The van der Waals surface area contributed by atoms with Gasteiger partial charge < -0.3 is 4.90 Å². The van der Waals surface area contributed by atoms with Gasteiger partial charge in [0, 0.05) is 18.7 Å². The number of alkyl halides is 2. The second-order valence-corrected chi connectivity index (χ2v) is 5.28. The minimum Gasteiger partial charge on any atom is -0.356 e. The van der Waals surface area contributed by atoms with E-state index in [2.05, 4.69) is 4.98 Å². The molecule has 1 saturated heterocycles. The Morgan fingerprint density at radius 1 is 1.56 bits per heavy atom. The van der Waals surface area contributed by atoms with Crippen molar-refractivity contribution in [2.45, 2.75) is 19.8 Å². The molecule has 3 nitrogen and oxygen atoms in total. The smallest absolute Gasteiger partial charge is 0.246 e. The highest BCUT2D eigenvalue weighted by atomic mass is 19.3. The summed E-state index contributed by atoms with van der Waals surface area (Å²) in [6.07, 6.45) is -0.858. The number of aryl methyl sites for hydroxylation is 1. The SMILES string of the molecule is Cc1nc(N2CC3CC3(C(F)F)C2)ccc1C=O. The van der Waals surface area contributed by atoms with Crippen LogP contribution in [0.5, 0.6) is 0 Å². The number of anilines is 1. The highest BCUT2D eigenvalue weighted by molar-refractivity contribution is 5.76. The summed E-state index contributed by atoms with van der Waals surface area (Å²) in [7, 11) is 0. The van der Waals surface area contributed by atoms with Crippen LogP contribution in [0.3, 0.4) is 0 Å². The van der Waals surface area contributed by atoms with Crippen molar-refractivity contribution in [2.24, 2.45) is 11.3 Å². The second kappa shape index (κ2) is 3.73. The summed E-state index contributed by atoms with van der Waals surface area (Å²) in [5.74, 6) is 0.802. The average Bonchev–Trinajstić information content (AvgIpc) is 2.92. The molecule has 1 aliphatic carbocycles. The third-order valence-electron chi connectivity index (χ3n) is 4.20. The van der Waals surface area contributed by atoms with Crippen molar-refractivity contribution in [1.29, 1.82) is 0 Å². The largest absolute Gasteiger partial charge is 0.356 e. The molecule has 2 unspecified atom stereocenters. The Morgan fingerprint density at radius 2 is 2.33 bits per heavy atom. The molecule has 0 amide bonds. The molecule has 2 heterocycles. The second-order valence-electron chi connectivity index (χ2n) is 5.28. The van der Waals surface area contributed by atoms with Crippen LogP contribution < -0.4 is 4.90 Å².